The summed E-state index contributed by atoms with van der Waals surface area (Å²) in [5.41, 5.74) is 2.92. The van der Waals surface area contributed by atoms with Gasteiger partial charge in [-0.2, -0.15) is 0 Å². The highest BCUT2D eigenvalue weighted by Gasteiger charge is 2.62. The summed E-state index contributed by atoms with van der Waals surface area (Å²) in [5, 5.41) is 14.0. The summed E-state index contributed by atoms with van der Waals surface area (Å²) in [6.45, 7) is 15.4. The van der Waals surface area contributed by atoms with Crippen molar-refractivity contribution < 1.29 is 29.0 Å². The maximum absolute atomic E-state index is 14.9. The Kier molecular flexibility index (Phi) is 11.2. The molecular formula is C43H63N7O6S. The number of hydrogen-bond donors (Lipinski definition) is 2. The number of allylic oxidation sites excluding steroid dienone is 2. The molecule has 4 aliphatic heterocycles. The van der Waals surface area contributed by atoms with Gasteiger partial charge in [0.15, 0.2) is 11.5 Å². The van der Waals surface area contributed by atoms with Crippen LogP contribution in [0.4, 0.5) is 5.82 Å². The number of piperidine rings is 1. The number of rotatable bonds is 14. The number of carbonyl (C=O) groups excluding carboxylic acids is 3. The van der Waals surface area contributed by atoms with Crippen LogP contribution in [0.25, 0.3) is 10.3 Å². The van der Waals surface area contributed by atoms with Crippen molar-refractivity contribution >= 4 is 45.2 Å². The molecule has 3 amide bonds. The number of nitrogens with zero attached hydrogens (tertiary/aromatic N) is 6. The molecule has 2 N–H and O–H groups in total. The summed E-state index contributed by atoms with van der Waals surface area (Å²) >= 11 is 1.48. The fraction of sp³-hybridized carbons (Fsp3) is 0.767. The Morgan fingerprint density at radius 1 is 1.07 bits per heavy atom. The Labute approximate surface area is 341 Å². The fourth-order valence-corrected chi connectivity index (χ4v) is 11.4. The Morgan fingerprint density at radius 2 is 1.86 bits per heavy atom. The van der Waals surface area contributed by atoms with Crippen molar-refractivity contribution in [1.29, 1.82) is 0 Å². The fourth-order valence-electron chi connectivity index (χ4n) is 10.6. The minimum Gasteiger partial charge on any atom is -0.396 e. The van der Waals surface area contributed by atoms with E-state index in [4.69, 9.17) is 9.47 Å². The maximum atomic E-state index is 14.9. The molecular weight excluding hydrogens is 743 g/mol. The molecule has 2 aromatic heterocycles. The molecule has 2 aliphatic carbocycles. The SMILES string of the molecule is CCCC(CC)C1=CCC(CO)(CO[C@H](C)[C@H](NC(=O)[C@@H]2CN(c3ncnc4ncsc34)CC23CN(C(=O)[C@H]2CC2(C)C)C3)C(=O)N2CCCC3(COC3)C2)CC1. The van der Waals surface area contributed by atoms with E-state index in [-0.39, 0.29) is 41.1 Å². The molecule has 312 valence electrons. The minimum absolute atomic E-state index is 0.00253. The lowest BCUT2D eigenvalue weighted by Crippen LogP contribution is -2.66. The molecule has 2 aromatic rings. The van der Waals surface area contributed by atoms with E-state index in [1.807, 2.05) is 16.7 Å². The lowest BCUT2D eigenvalue weighted by Gasteiger charge is -2.51. The minimum atomic E-state index is -0.920. The second-order valence-electron chi connectivity index (χ2n) is 19.3. The number of likely N-dealkylation sites (tertiary alicyclic amines) is 2. The van der Waals surface area contributed by atoms with Crippen LogP contribution in [-0.4, -0.2) is 125 Å². The molecule has 0 radical (unpaired) electrons. The average Bonchev–Trinajstić information content (AvgIpc) is 3.49. The first-order chi connectivity index (χ1) is 27.3. The van der Waals surface area contributed by atoms with Crippen LogP contribution < -0.4 is 10.2 Å². The van der Waals surface area contributed by atoms with Gasteiger partial charge in [0, 0.05) is 61.4 Å². The Balaban J connectivity index is 1.03. The predicted octanol–water partition coefficient (Wildman–Crippen LogP) is 4.84. The normalized spacial score (nSPS) is 28.7. The first kappa shape index (κ1) is 40.6. The number of fused-ring (bicyclic) bond motifs is 1. The topological polar surface area (TPSA) is 150 Å². The molecule has 0 bridgehead atoms. The van der Waals surface area contributed by atoms with Crippen molar-refractivity contribution in [2.75, 3.05) is 70.6 Å². The lowest BCUT2D eigenvalue weighted by atomic mass is 9.70. The molecule has 8 rings (SSSR count). The van der Waals surface area contributed by atoms with Gasteiger partial charge in [-0.3, -0.25) is 14.4 Å². The third-order valence-electron chi connectivity index (χ3n) is 14.7. The van der Waals surface area contributed by atoms with Crippen molar-refractivity contribution in [1.82, 2.24) is 30.1 Å². The van der Waals surface area contributed by atoms with E-state index in [0.717, 1.165) is 61.9 Å². The summed E-state index contributed by atoms with van der Waals surface area (Å²) in [6, 6.07) is -0.920. The number of amides is 3. The molecule has 6 atom stereocenters. The number of thiazole rings is 1. The van der Waals surface area contributed by atoms with Crippen LogP contribution in [0.15, 0.2) is 23.5 Å². The van der Waals surface area contributed by atoms with E-state index in [9.17, 15) is 19.5 Å². The average molecular weight is 806 g/mol. The van der Waals surface area contributed by atoms with Crippen molar-refractivity contribution in [3.63, 3.8) is 0 Å². The number of aliphatic hydroxyl groups is 1. The standard InChI is InChI=1S/C43H63N7O6S/c1-6-9-29(7-2)30-10-13-41(22-51,14-11-30)25-56-28(3)33(39(54)48-15-8-12-42(18-48)23-55-24-42)47-37(52)32-17-49(36-34-35(44-26-45-36)46-27-57-34)19-43(32)20-50(21-43)38(53)31-16-40(31,4)5/h10,26-29,31-33,51H,6-9,11-25H2,1-5H3,(H,47,52)/t28-,29?,31-,32+,33+,41?/m1/s1. The number of aromatic nitrogens is 3. The molecule has 6 heterocycles. The van der Waals surface area contributed by atoms with Crippen LogP contribution in [0, 0.1) is 39.4 Å². The van der Waals surface area contributed by atoms with Gasteiger partial charge in [0.1, 0.15) is 17.1 Å². The number of nitrogens with one attached hydrogen (secondary N) is 1. The van der Waals surface area contributed by atoms with Crippen molar-refractivity contribution in [3.05, 3.63) is 23.5 Å². The van der Waals surface area contributed by atoms with E-state index < -0.39 is 28.9 Å². The second-order valence-corrected chi connectivity index (χ2v) is 20.2. The first-order valence-electron chi connectivity index (χ1n) is 21.5. The largest absolute Gasteiger partial charge is 0.396 e. The highest BCUT2D eigenvalue weighted by atomic mass is 32.1. The van der Waals surface area contributed by atoms with Crippen LogP contribution in [0.1, 0.15) is 92.4 Å². The number of anilines is 1. The smallest absolute Gasteiger partial charge is 0.247 e. The van der Waals surface area contributed by atoms with E-state index >= 15 is 0 Å². The van der Waals surface area contributed by atoms with Gasteiger partial charge in [0.2, 0.25) is 17.7 Å². The zero-order valence-electron chi connectivity index (χ0n) is 34.6. The summed E-state index contributed by atoms with van der Waals surface area (Å²) < 4.78 is 13.1. The quantitative estimate of drug-likeness (QED) is 0.254. The highest BCUT2D eigenvalue weighted by Crippen LogP contribution is 2.55. The summed E-state index contributed by atoms with van der Waals surface area (Å²) in [4.78, 5) is 62.6. The van der Waals surface area contributed by atoms with Gasteiger partial charge < -0.3 is 34.6 Å². The zero-order valence-corrected chi connectivity index (χ0v) is 35.5. The van der Waals surface area contributed by atoms with Gasteiger partial charge >= 0.3 is 0 Å². The van der Waals surface area contributed by atoms with Crippen molar-refractivity contribution in [3.8, 4) is 0 Å². The molecule has 4 saturated heterocycles. The van der Waals surface area contributed by atoms with Gasteiger partial charge in [-0.1, -0.05) is 45.8 Å². The predicted molar refractivity (Wildman–Crippen MR) is 218 cm³/mol. The Hall–Kier alpha value is -3.20. The van der Waals surface area contributed by atoms with Gasteiger partial charge in [-0.15, -0.1) is 11.3 Å². The van der Waals surface area contributed by atoms with Crippen LogP contribution in [0.3, 0.4) is 0 Å². The molecule has 0 aromatic carbocycles. The number of aliphatic hydroxyl groups excluding tert-OH is 1. The van der Waals surface area contributed by atoms with Crippen LogP contribution in [0.5, 0.6) is 0 Å². The van der Waals surface area contributed by atoms with Gasteiger partial charge in [-0.25, -0.2) is 15.0 Å². The number of ether oxygens (including phenoxy) is 2. The van der Waals surface area contributed by atoms with Crippen LogP contribution in [-0.2, 0) is 23.9 Å². The third-order valence-corrected chi connectivity index (χ3v) is 15.5. The molecule has 1 saturated carbocycles. The molecule has 13 nitrogen and oxygen atoms in total. The van der Waals surface area contributed by atoms with Crippen molar-refractivity contribution in [2.45, 2.75) is 105 Å². The summed E-state index contributed by atoms with van der Waals surface area (Å²) in [5.74, 6) is 0.673. The summed E-state index contributed by atoms with van der Waals surface area (Å²) in [7, 11) is 0. The van der Waals surface area contributed by atoms with E-state index in [0.29, 0.717) is 70.7 Å². The van der Waals surface area contributed by atoms with Crippen LogP contribution >= 0.6 is 11.3 Å². The molecule has 2 spiro atoms. The molecule has 57 heavy (non-hydrogen) atoms. The molecule has 2 unspecified atom stereocenters. The van der Waals surface area contributed by atoms with Crippen molar-refractivity contribution in [2.24, 2.45) is 39.4 Å². The number of carbonyl (C=O) groups is 3. The van der Waals surface area contributed by atoms with Gasteiger partial charge in [0.05, 0.1) is 44.0 Å². The Morgan fingerprint density at radius 3 is 2.51 bits per heavy atom. The van der Waals surface area contributed by atoms with Gasteiger partial charge in [0.25, 0.3) is 0 Å². The monoisotopic (exact) mass is 805 g/mol. The molecule has 6 aliphatic rings. The summed E-state index contributed by atoms with van der Waals surface area (Å²) in [6.07, 6.45) is 11.9. The first-order valence-corrected chi connectivity index (χ1v) is 22.4. The van der Waals surface area contributed by atoms with Crippen LogP contribution in [0.2, 0.25) is 0 Å². The Bertz CT molecular complexity index is 1860. The number of hydrogen-bond acceptors (Lipinski definition) is 11. The van der Waals surface area contributed by atoms with E-state index in [1.165, 1.54) is 29.7 Å². The zero-order chi connectivity index (χ0) is 40.2. The van der Waals surface area contributed by atoms with E-state index in [2.05, 4.69) is 58.9 Å². The lowest BCUT2D eigenvalue weighted by molar-refractivity contribution is -0.165. The molecule has 5 fully saturated rings. The third kappa shape index (κ3) is 7.73. The second kappa shape index (κ2) is 15.8. The highest BCUT2D eigenvalue weighted by molar-refractivity contribution is 7.17. The maximum Gasteiger partial charge on any atom is 0.247 e. The van der Waals surface area contributed by atoms with Gasteiger partial charge in [-0.05, 0) is 69.6 Å². The van der Waals surface area contributed by atoms with E-state index in [1.54, 1.807) is 5.51 Å². The molecule has 14 heteroatoms.